The predicted molar refractivity (Wildman–Crippen MR) is 132 cm³/mol. The highest BCUT2D eigenvalue weighted by Gasteiger charge is 2.20. The number of aryl methyl sites for hydroxylation is 1. The molecular formula is C30H30F2. The number of benzene rings is 4. The molecule has 2 heteroatoms. The van der Waals surface area contributed by atoms with Gasteiger partial charge < -0.3 is 0 Å². The van der Waals surface area contributed by atoms with Crippen molar-refractivity contribution in [3.8, 4) is 22.3 Å². The van der Waals surface area contributed by atoms with Crippen molar-refractivity contribution in [2.45, 2.75) is 52.4 Å². The van der Waals surface area contributed by atoms with Gasteiger partial charge in [-0.25, -0.2) is 8.78 Å². The van der Waals surface area contributed by atoms with E-state index >= 15 is 4.39 Å². The molecular weight excluding hydrogens is 398 g/mol. The molecule has 164 valence electrons. The normalized spacial score (nSPS) is 11.2. The molecule has 0 unspecified atom stereocenters. The van der Waals surface area contributed by atoms with Crippen LogP contribution in [-0.4, -0.2) is 0 Å². The Labute approximate surface area is 189 Å². The summed E-state index contributed by atoms with van der Waals surface area (Å²) in [5.74, 6) is -0.370. The zero-order chi connectivity index (χ0) is 22.5. The van der Waals surface area contributed by atoms with Crippen LogP contribution in [0.3, 0.4) is 0 Å². The van der Waals surface area contributed by atoms with E-state index in [4.69, 9.17) is 0 Å². The molecule has 0 aliphatic carbocycles. The van der Waals surface area contributed by atoms with E-state index in [0.717, 1.165) is 71.7 Å². The Kier molecular flexibility index (Phi) is 6.99. The third-order valence-electron chi connectivity index (χ3n) is 6.29. The Morgan fingerprint density at radius 1 is 0.562 bits per heavy atom. The minimum absolute atomic E-state index is 0.124. The van der Waals surface area contributed by atoms with Gasteiger partial charge >= 0.3 is 0 Å². The second-order valence-electron chi connectivity index (χ2n) is 8.48. The second-order valence-corrected chi connectivity index (χ2v) is 8.48. The van der Waals surface area contributed by atoms with Gasteiger partial charge in [0, 0.05) is 10.9 Å². The van der Waals surface area contributed by atoms with Crippen LogP contribution in [0.15, 0.2) is 72.8 Å². The van der Waals surface area contributed by atoms with Gasteiger partial charge in [-0.1, -0.05) is 87.4 Å². The molecule has 0 saturated carbocycles. The predicted octanol–water partition coefficient (Wildman–Crippen LogP) is 9.14. The first-order valence-electron chi connectivity index (χ1n) is 11.7. The summed E-state index contributed by atoms with van der Waals surface area (Å²) in [6.07, 6.45) is 6.17. The van der Waals surface area contributed by atoms with Crippen LogP contribution in [0.5, 0.6) is 0 Å². The van der Waals surface area contributed by atoms with Gasteiger partial charge in [-0.3, -0.25) is 0 Å². The van der Waals surface area contributed by atoms with E-state index < -0.39 is 0 Å². The van der Waals surface area contributed by atoms with Crippen LogP contribution in [0.1, 0.15) is 50.7 Å². The molecule has 0 nitrogen and oxygen atoms in total. The van der Waals surface area contributed by atoms with Gasteiger partial charge in [0.25, 0.3) is 0 Å². The zero-order valence-corrected chi connectivity index (χ0v) is 18.9. The van der Waals surface area contributed by atoms with Gasteiger partial charge in [0.05, 0.1) is 0 Å². The molecule has 0 heterocycles. The molecule has 4 aromatic carbocycles. The second kappa shape index (κ2) is 10.1. The Hall–Kier alpha value is -3.00. The highest BCUT2D eigenvalue weighted by Crippen LogP contribution is 2.38. The lowest BCUT2D eigenvalue weighted by molar-refractivity contribution is 0.628. The van der Waals surface area contributed by atoms with Crippen molar-refractivity contribution in [2.75, 3.05) is 0 Å². The van der Waals surface area contributed by atoms with Crippen molar-refractivity contribution in [3.05, 3.63) is 95.6 Å². The standard InChI is InChI=1S/C30H30F2/c1-3-5-9-25-26-11-7-8-12-28(26)30(32)29(27(25)10-6-4-2)23-15-13-21(14-16-23)22-17-19-24(31)20-18-22/h7-8,11-20H,3-6,9-10H2,1-2H3. The first-order chi connectivity index (χ1) is 15.6. The molecule has 0 aliphatic rings. The molecule has 0 aliphatic heterocycles. The Balaban J connectivity index is 1.88. The van der Waals surface area contributed by atoms with E-state index in [1.165, 1.54) is 17.7 Å². The van der Waals surface area contributed by atoms with Crippen LogP contribution in [0.25, 0.3) is 33.0 Å². The van der Waals surface area contributed by atoms with E-state index in [9.17, 15) is 4.39 Å². The quantitative estimate of drug-likeness (QED) is 0.262. The first-order valence-corrected chi connectivity index (χ1v) is 11.7. The summed E-state index contributed by atoms with van der Waals surface area (Å²) in [6, 6.07) is 22.4. The SMILES string of the molecule is CCCCc1c(-c2ccc(-c3ccc(F)cc3)cc2)c(F)c2ccccc2c1CCCC. The van der Waals surface area contributed by atoms with Gasteiger partial charge in [-0.05, 0) is 71.0 Å². The molecule has 0 amide bonds. The Morgan fingerprint density at radius 2 is 1.06 bits per heavy atom. The lowest BCUT2D eigenvalue weighted by Crippen LogP contribution is -2.03. The molecule has 0 spiro atoms. The van der Waals surface area contributed by atoms with E-state index in [0.29, 0.717) is 5.39 Å². The lowest BCUT2D eigenvalue weighted by atomic mass is 9.85. The molecule has 0 radical (unpaired) electrons. The summed E-state index contributed by atoms with van der Waals surface area (Å²) in [5.41, 5.74) is 6.06. The fourth-order valence-corrected chi connectivity index (χ4v) is 4.56. The van der Waals surface area contributed by atoms with Gasteiger partial charge in [-0.15, -0.1) is 0 Å². The van der Waals surface area contributed by atoms with Crippen LogP contribution >= 0.6 is 0 Å². The van der Waals surface area contributed by atoms with Gasteiger partial charge in [0.15, 0.2) is 0 Å². The Bertz CT molecular complexity index is 1190. The summed E-state index contributed by atoms with van der Waals surface area (Å²) >= 11 is 0. The van der Waals surface area contributed by atoms with Crippen molar-refractivity contribution in [2.24, 2.45) is 0 Å². The van der Waals surface area contributed by atoms with Crippen molar-refractivity contribution in [1.29, 1.82) is 0 Å². The molecule has 0 atom stereocenters. The number of hydrogen-bond acceptors (Lipinski definition) is 0. The molecule has 0 N–H and O–H groups in total. The van der Waals surface area contributed by atoms with Crippen LogP contribution < -0.4 is 0 Å². The summed E-state index contributed by atoms with van der Waals surface area (Å²) in [4.78, 5) is 0. The van der Waals surface area contributed by atoms with Crippen molar-refractivity contribution in [1.82, 2.24) is 0 Å². The topological polar surface area (TPSA) is 0 Å². The molecule has 0 bridgehead atoms. The van der Waals surface area contributed by atoms with Gasteiger partial charge in [0.1, 0.15) is 11.6 Å². The number of unbranched alkanes of at least 4 members (excludes halogenated alkanes) is 2. The molecule has 0 saturated heterocycles. The number of fused-ring (bicyclic) bond motifs is 1. The van der Waals surface area contributed by atoms with Gasteiger partial charge in [-0.2, -0.15) is 0 Å². The van der Waals surface area contributed by atoms with Crippen molar-refractivity contribution >= 4 is 10.8 Å². The monoisotopic (exact) mass is 428 g/mol. The zero-order valence-electron chi connectivity index (χ0n) is 18.9. The minimum atomic E-state index is -0.247. The summed E-state index contributed by atoms with van der Waals surface area (Å²) < 4.78 is 29.3. The van der Waals surface area contributed by atoms with Crippen LogP contribution in [0, 0.1) is 11.6 Å². The van der Waals surface area contributed by atoms with E-state index in [1.807, 2.05) is 42.5 Å². The van der Waals surface area contributed by atoms with Crippen LogP contribution in [0.4, 0.5) is 8.78 Å². The van der Waals surface area contributed by atoms with E-state index in [1.54, 1.807) is 12.1 Å². The number of halogens is 2. The first kappa shape index (κ1) is 22.2. The molecule has 4 rings (SSSR count). The van der Waals surface area contributed by atoms with Crippen molar-refractivity contribution < 1.29 is 8.78 Å². The fraction of sp³-hybridized carbons (Fsp3) is 0.267. The van der Waals surface area contributed by atoms with Crippen LogP contribution in [0.2, 0.25) is 0 Å². The third kappa shape index (κ3) is 4.46. The lowest BCUT2D eigenvalue weighted by Gasteiger charge is -2.20. The number of hydrogen-bond donors (Lipinski definition) is 0. The summed E-state index contributed by atoms with van der Waals surface area (Å²) in [7, 11) is 0. The summed E-state index contributed by atoms with van der Waals surface area (Å²) in [5, 5.41) is 1.76. The van der Waals surface area contributed by atoms with E-state index in [-0.39, 0.29) is 11.6 Å². The average Bonchev–Trinajstić information content (AvgIpc) is 2.83. The molecule has 0 fully saturated rings. The Morgan fingerprint density at radius 3 is 1.66 bits per heavy atom. The average molecular weight is 429 g/mol. The summed E-state index contributed by atoms with van der Waals surface area (Å²) in [6.45, 7) is 4.38. The third-order valence-corrected chi connectivity index (χ3v) is 6.29. The molecule has 32 heavy (non-hydrogen) atoms. The van der Waals surface area contributed by atoms with E-state index in [2.05, 4.69) is 19.9 Å². The smallest absolute Gasteiger partial charge is 0.139 e. The maximum absolute atomic E-state index is 16.0. The molecule has 4 aromatic rings. The van der Waals surface area contributed by atoms with Gasteiger partial charge in [0.2, 0.25) is 0 Å². The minimum Gasteiger partial charge on any atom is -0.207 e. The highest BCUT2D eigenvalue weighted by atomic mass is 19.1. The number of rotatable bonds is 8. The fourth-order valence-electron chi connectivity index (χ4n) is 4.56. The van der Waals surface area contributed by atoms with Crippen LogP contribution in [-0.2, 0) is 12.8 Å². The largest absolute Gasteiger partial charge is 0.207 e. The molecule has 0 aromatic heterocycles. The maximum atomic E-state index is 16.0. The van der Waals surface area contributed by atoms with Crippen molar-refractivity contribution in [3.63, 3.8) is 0 Å². The maximum Gasteiger partial charge on any atom is 0.139 e. The highest BCUT2D eigenvalue weighted by molar-refractivity contribution is 5.93.